The zero-order valence-electron chi connectivity index (χ0n) is 13.7. The molecule has 0 radical (unpaired) electrons. The summed E-state index contributed by atoms with van der Waals surface area (Å²) in [5, 5.41) is 18.5. The molecule has 24 heavy (non-hydrogen) atoms. The van der Waals surface area contributed by atoms with Gasteiger partial charge in [0.05, 0.1) is 0 Å². The van der Waals surface area contributed by atoms with Crippen LogP contribution in [0.1, 0.15) is 44.9 Å². The molecule has 0 spiro atoms. The lowest BCUT2D eigenvalue weighted by molar-refractivity contribution is -0.145. The van der Waals surface area contributed by atoms with Crippen LogP contribution in [0, 0.1) is 5.92 Å². The maximum absolute atomic E-state index is 11.6. The van der Waals surface area contributed by atoms with Crippen molar-refractivity contribution in [1.29, 1.82) is 0 Å². The molecule has 3 heterocycles. The number of fused-ring (bicyclic) bond motifs is 3. The Morgan fingerprint density at radius 2 is 2.08 bits per heavy atom. The number of aliphatic carboxylic acids is 2. The molecule has 7 nitrogen and oxygen atoms in total. The summed E-state index contributed by atoms with van der Waals surface area (Å²) in [7, 11) is 0. The van der Waals surface area contributed by atoms with Crippen LogP contribution >= 0.6 is 0 Å². The second-order valence-corrected chi connectivity index (χ2v) is 6.95. The van der Waals surface area contributed by atoms with E-state index in [1.54, 1.807) is 0 Å². The predicted octanol–water partition coefficient (Wildman–Crippen LogP) is 1.23. The monoisotopic (exact) mass is 335 g/mol. The number of hydrogen-bond acceptors (Lipinski definition) is 5. The number of rotatable bonds is 5. The van der Waals surface area contributed by atoms with E-state index in [1.807, 2.05) is 11.1 Å². The molecule has 0 aromatic rings. The topological polar surface area (TPSA) is 116 Å². The Morgan fingerprint density at radius 3 is 2.79 bits per heavy atom. The average Bonchev–Trinajstić information content (AvgIpc) is 2.58. The summed E-state index contributed by atoms with van der Waals surface area (Å²) in [5.41, 5.74) is 7.67. The predicted molar refractivity (Wildman–Crippen MR) is 88.9 cm³/mol. The minimum absolute atomic E-state index is 0.204. The van der Waals surface area contributed by atoms with E-state index >= 15 is 0 Å². The number of nitrogens with zero attached hydrogens (tertiary/aromatic N) is 2. The fourth-order valence-corrected chi connectivity index (χ4v) is 4.25. The molecule has 0 aromatic heterocycles. The lowest BCUT2D eigenvalue weighted by Gasteiger charge is -2.48. The van der Waals surface area contributed by atoms with Gasteiger partial charge < -0.3 is 20.8 Å². The Kier molecular flexibility index (Phi) is 4.89. The van der Waals surface area contributed by atoms with Gasteiger partial charge in [-0.25, -0.2) is 4.79 Å². The van der Waals surface area contributed by atoms with Crippen molar-refractivity contribution in [2.24, 2.45) is 16.6 Å². The first-order valence-corrected chi connectivity index (χ1v) is 8.73. The van der Waals surface area contributed by atoms with E-state index in [-0.39, 0.29) is 12.0 Å². The summed E-state index contributed by atoms with van der Waals surface area (Å²) >= 11 is 0. The zero-order valence-corrected chi connectivity index (χ0v) is 13.7. The van der Waals surface area contributed by atoms with E-state index in [2.05, 4.69) is 0 Å². The first-order valence-electron chi connectivity index (χ1n) is 8.73. The highest BCUT2D eigenvalue weighted by Gasteiger charge is 2.43. The molecule has 0 saturated carbocycles. The van der Waals surface area contributed by atoms with Crippen LogP contribution in [-0.2, 0) is 9.59 Å². The molecule has 132 valence electrons. The second-order valence-electron chi connectivity index (χ2n) is 6.95. The van der Waals surface area contributed by atoms with Crippen molar-refractivity contribution in [3.8, 4) is 0 Å². The molecule has 0 unspecified atom stereocenters. The van der Waals surface area contributed by atoms with Crippen LogP contribution in [0.25, 0.3) is 0 Å². The number of allylic oxidation sites excluding steroid dienone is 1. The highest BCUT2D eigenvalue weighted by atomic mass is 16.4. The fourth-order valence-electron chi connectivity index (χ4n) is 4.25. The third-order valence-corrected chi connectivity index (χ3v) is 5.45. The molecule has 1 saturated heterocycles. The van der Waals surface area contributed by atoms with Gasteiger partial charge in [0.25, 0.3) is 0 Å². The van der Waals surface area contributed by atoms with Crippen LogP contribution in [0.3, 0.4) is 0 Å². The van der Waals surface area contributed by atoms with Crippen molar-refractivity contribution in [2.75, 3.05) is 6.54 Å². The molecule has 4 N–H and O–H groups in total. The number of piperidine rings is 1. The van der Waals surface area contributed by atoms with Crippen LogP contribution in [0.5, 0.6) is 0 Å². The van der Waals surface area contributed by atoms with Crippen molar-refractivity contribution in [3.63, 3.8) is 0 Å². The standard InChI is InChI=1S/C17H25N3O4/c18-12(16(21)22)7-6-10-9-20-13(4-1-5-14(20)17(23)24)11-3-2-8-19-15(10)11/h9,11-14H,1-8,18H2,(H,21,22)(H,23,24)/t11-,12+,13+,14+/m1/s1. The van der Waals surface area contributed by atoms with Gasteiger partial charge in [0.1, 0.15) is 12.1 Å². The Balaban J connectivity index is 1.88. The van der Waals surface area contributed by atoms with E-state index < -0.39 is 24.0 Å². The summed E-state index contributed by atoms with van der Waals surface area (Å²) in [6, 6.07) is -1.19. The normalized spacial score (nSPS) is 30.5. The van der Waals surface area contributed by atoms with Crippen LogP contribution in [0.2, 0.25) is 0 Å². The molecule has 3 aliphatic rings. The molecular formula is C17H25N3O4. The Labute approximate surface area is 141 Å². The SMILES string of the molecule is N[C@@H](CCC1=CN2[C@H](C(=O)O)CCC[C@H]2[C@H]2CCCN=C12)C(=O)O. The van der Waals surface area contributed by atoms with Crippen LogP contribution in [0.4, 0.5) is 0 Å². The van der Waals surface area contributed by atoms with E-state index in [9.17, 15) is 14.7 Å². The summed E-state index contributed by atoms with van der Waals surface area (Å²) in [6.07, 6.45) is 7.41. The number of aliphatic imine (C=N–C) groups is 1. The molecular weight excluding hydrogens is 310 g/mol. The molecule has 0 bridgehead atoms. The van der Waals surface area contributed by atoms with Gasteiger partial charge in [-0.05, 0) is 50.5 Å². The number of hydrogen-bond donors (Lipinski definition) is 3. The molecule has 1 fully saturated rings. The first-order chi connectivity index (χ1) is 11.5. The van der Waals surface area contributed by atoms with Gasteiger partial charge in [-0.3, -0.25) is 9.79 Å². The minimum Gasteiger partial charge on any atom is -0.480 e. The Morgan fingerprint density at radius 1 is 1.29 bits per heavy atom. The van der Waals surface area contributed by atoms with Gasteiger partial charge in [-0.15, -0.1) is 0 Å². The summed E-state index contributed by atoms with van der Waals surface area (Å²) in [5.74, 6) is -1.52. The third kappa shape index (κ3) is 3.17. The minimum atomic E-state index is -1.01. The zero-order chi connectivity index (χ0) is 17.3. The van der Waals surface area contributed by atoms with Crippen molar-refractivity contribution < 1.29 is 19.8 Å². The van der Waals surface area contributed by atoms with E-state index in [0.29, 0.717) is 19.3 Å². The average molecular weight is 335 g/mol. The van der Waals surface area contributed by atoms with Gasteiger partial charge in [-0.2, -0.15) is 0 Å². The first kappa shape index (κ1) is 17.0. The van der Waals surface area contributed by atoms with Crippen molar-refractivity contribution in [3.05, 3.63) is 11.8 Å². The Bertz CT molecular complexity index is 586. The van der Waals surface area contributed by atoms with Crippen LogP contribution < -0.4 is 5.73 Å². The van der Waals surface area contributed by atoms with Gasteiger partial charge in [-0.1, -0.05) is 0 Å². The van der Waals surface area contributed by atoms with Gasteiger partial charge in [0.2, 0.25) is 0 Å². The summed E-state index contributed by atoms with van der Waals surface area (Å²) in [4.78, 5) is 29.3. The molecule has 3 rings (SSSR count). The number of carboxylic acid groups (broad SMARTS) is 2. The smallest absolute Gasteiger partial charge is 0.326 e. The van der Waals surface area contributed by atoms with E-state index in [4.69, 9.17) is 15.8 Å². The van der Waals surface area contributed by atoms with Crippen LogP contribution in [0.15, 0.2) is 16.8 Å². The van der Waals surface area contributed by atoms with Gasteiger partial charge in [0.15, 0.2) is 0 Å². The highest BCUT2D eigenvalue weighted by molar-refractivity contribution is 6.03. The lowest BCUT2D eigenvalue weighted by atomic mass is 9.75. The maximum atomic E-state index is 11.6. The molecule has 7 heteroatoms. The fraction of sp³-hybridized carbons (Fsp3) is 0.706. The molecule has 0 aliphatic carbocycles. The van der Waals surface area contributed by atoms with E-state index in [1.165, 1.54) is 0 Å². The van der Waals surface area contributed by atoms with Gasteiger partial charge >= 0.3 is 11.9 Å². The highest BCUT2D eigenvalue weighted by Crippen LogP contribution is 2.39. The second kappa shape index (κ2) is 6.93. The largest absolute Gasteiger partial charge is 0.480 e. The van der Waals surface area contributed by atoms with Crippen molar-refractivity contribution in [1.82, 2.24) is 4.90 Å². The van der Waals surface area contributed by atoms with Crippen molar-refractivity contribution >= 4 is 17.7 Å². The van der Waals surface area contributed by atoms with Crippen molar-refractivity contribution in [2.45, 2.75) is 63.1 Å². The summed E-state index contributed by atoms with van der Waals surface area (Å²) < 4.78 is 0. The Hall–Kier alpha value is -1.89. The molecule has 3 aliphatic heterocycles. The molecule has 0 aromatic carbocycles. The quantitative estimate of drug-likeness (QED) is 0.696. The lowest BCUT2D eigenvalue weighted by Crippen LogP contribution is -2.55. The van der Waals surface area contributed by atoms with Crippen LogP contribution in [-0.4, -0.2) is 57.4 Å². The molecule has 0 amide bonds. The summed E-state index contributed by atoms with van der Waals surface area (Å²) in [6.45, 7) is 0.795. The molecule has 4 atom stereocenters. The number of carbonyl (C=O) groups is 2. The third-order valence-electron chi connectivity index (χ3n) is 5.45. The van der Waals surface area contributed by atoms with E-state index in [0.717, 1.165) is 43.5 Å². The maximum Gasteiger partial charge on any atom is 0.326 e. The van der Waals surface area contributed by atoms with Gasteiger partial charge in [0, 0.05) is 30.4 Å². The number of carboxylic acids is 2. The number of nitrogens with two attached hydrogens (primary N) is 1.